The number of hydrogen-bond donors (Lipinski definition) is 1. The van der Waals surface area contributed by atoms with E-state index in [1.54, 1.807) is 18.2 Å². The van der Waals surface area contributed by atoms with Crippen molar-refractivity contribution in [1.29, 1.82) is 0 Å². The summed E-state index contributed by atoms with van der Waals surface area (Å²) < 4.78 is 39.6. The molecule has 0 aliphatic carbocycles. The third kappa shape index (κ3) is 3.02. The van der Waals surface area contributed by atoms with Gasteiger partial charge in [0.15, 0.2) is 0 Å². The molecular formula is C13H17FN2O2S. The van der Waals surface area contributed by atoms with Crippen molar-refractivity contribution >= 4 is 10.0 Å². The molecular weight excluding hydrogens is 267 g/mol. The smallest absolute Gasteiger partial charge is 0.218 e. The van der Waals surface area contributed by atoms with Crippen molar-refractivity contribution in [1.82, 2.24) is 9.62 Å². The van der Waals surface area contributed by atoms with E-state index in [1.807, 2.05) is 0 Å². The van der Waals surface area contributed by atoms with Gasteiger partial charge in [-0.05, 0) is 6.07 Å². The van der Waals surface area contributed by atoms with E-state index in [2.05, 4.69) is 11.9 Å². The average molecular weight is 284 g/mol. The highest BCUT2D eigenvalue weighted by molar-refractivity contribution is 7.89. The monoisotopic (exact) mass is 284 g/mol. The van der Waals surface area contributed by atoms with Gasteiger partial charge in [-0.15, -0.1) is 6.58 Å². The zero-order valence-electron chi connectivity index (χ0n) is 10.5. The number of sulfonamides is 1. The van der Waals surface area contributed by atoms with Crippen LogP contribution in [0, 0.1) is 5.82 Å². The lowest BCUT2D eigenvalue weighted by Crippen LogP contribution is -2.49. The second-order valence-corrected chi connectivity index (χ2v) is 6.39. The van der Waals surface area contributed by atoms with Crippen molar-refractivity contribution in [2.24, 2.45) is 0 Å². The van der Waals surface area contributed by atoms with Crippen LogP contribution in [0.25, 0.3) is 0 Å². The highest BCUT2D eigenvalue weighted by Gasteiger charge is 2.33. The van der Waals surface area contributed by atoms with Crippen molar-refractivity contribution in [3.8, 4) is 0 Å². The van der Waals surface area contributed by atoms with Crippen LogP contribution in [0.15, 0.2) is 36.9 Å². The van der Waals surface area contributed by atoms with E-state index in [-0.39, 0.29) is 11.6 Å². The third-order valence-electron chi connectivity index (χ3n) is 3.14. The lowest BCUT2D eigenvalue weighted by atomic mass is 10.1. The topological polar surface area (TPSA) is 49.4 Å². The van der Waals surface area contributed by atoms with Crippen molar-refractivity contribution < 1.29 is 12.8 Å². The van der Waals surface area contributed by atoms with Crippen LogP contribution in [0.5, 0.6) is 0 Å². The Labute approximate surface area is 113 Å². The summed E-state index contributed by atoms with van der Waals surface area (Å²) in [5.41, 5.74) is 0.405. The van der Waals surface area contributed by atoms with E-state index in [0.717, 1.165) is 0 Å². The lowest BCUT2D eigenvalue weighted by Gasteiger charge is -2.35. The molecule has 1 aromatic rings. The van der Waals surface area contributed by atoms with Crippen LogP contribution in [0.1, 0.15) is 11.6 Å². The molecule has 6 heteroatoms. The summed E-state index contributed by atoms with van der Waals surface area (Å²) in [6, 6.07) is 5.79. The standard InChI is InChI=1S/C13H17FN2O2S/c1-2-9-19(17,18)16-8-7-15-10-13(16)11-5-3-4-6-12(11)14/h2-6,13,15H,1,7-10H2. The molecule has 0 radical (unpaired) electrons. The fourth-order valence-electron chi connectivity index (χ4n) is 2.27. The SMILES string of the molecule is C=CCS(=O)(=O)N1CCNCC1c1ccccc1F. The Kier molecular flexibility index (Phi) is 4.34. The van der Waals surface area contributed by atoms with Gasteiger partial charge in [-0.2, -0.15) is 4.31 Å². The number of hydrogen-bond acceptors (Lipinski definition) is 3. The Balaban J connectivity index is 2.37. The third-order valence-corrected chi connectivity index (χ3v) is 4.95. The highest BCUT2D eigenvalue weighted by atomic mass is 32.2. The molecule has 1 aliphatic rings. The highest BCUT2D eigenvalue weighted by Crippen LogP contribution is 2.27. The first-order chi connectivity index (χ1) is 9.06. The van der Waals surface area contributed by atoms with Crippen LogP contribution in [0.3, 0.4) is 0 Å². The van der Waals surface area contributed by atoms with Crippen molar-refractivity contribution in [3.63, 3.8) is 0 Å². The number of rotatable bonds is 4. The maximum atomic E-state index is 13.9. The molecule has 0 amide bonds. The van der Waals surface area contributed by atoms with Crippen molar-refractivity contribution in [2.75, 3.05) is 25.4 Å². The first kappa shape index (κ1) is 14.2. The fourth-order valence-corrected chi connectivity index (χ4v) is 3.71. The number of nitrogens with one attached hydrogen (secondary N) is 1. The zero-order valence-corrected chi connectivity index (χ0v) is 11.4. The molecule has 0 aromatic heterocycles. The van der Waals surface area contributed by atoms with Crippen LogP contribution in [0.2, 0.25) is 0 Å². The fraction of sp³-hybridized carbons (Fsp3) is 0.385. The van der Waals surface area contributed by atoms with E-state index in [4.69, 9.17) is 0 Å². The minimum atomic E-state index is -3.44. The maximum absolute atomic E-state index is 13.9. The summed E-state index contributed by atoms with van der Waals surface area (Å²) in [6.07, 6.45) is 1.36. The van der Waals surface area contributed by atoms with Gasteiger partial charge in [0, 0.05) is 25.2 Å². The van der Waals surface area contributed by atoms with Gasteiger partial charge >= 0.3 is 0 Å². The molecule has 1 aromatic carbocycles. The van der Waals surface area contributed by atoms with E-state index in [1.165, 1.54) is 16.4 Å². The molecule has 0 bridgehead atoms. The molecule has 0 spiro atoms. The van der Waals surface area contributed by atoms with Gasteiger partial charge in [-0.1, -0.05) is 24.3 Å². The largest absolute Gasteiger partial charge is 0.313 e. The maximum Gasteiger partial charge on any atom is 0.218 e. The molecule has 1 fully saturated rings. The molecule has 104 valence electrons. The first-order valence-electron chi connectivity index (χ1n) is 6.12. The molecule has 4 nitrogen and oxygen atoms in total. The van der Waals surface area contributed by atoms with Gasteiger partial charge in [0.2, 0.25) is 10.0 Å². The van der Waals surface area contributed by atoms with Gasteiger partial charge in [0.25, 0.3) is 0 Å². The predicted molar refractivity (Wildman–Crippen MR) is 72.7 cm³/mol. The minimum Gasteiger partial charge on any atom is -0.313 e. The lowest BCUT2D eigenvalue weighted by molar-refractivity contribution is 0.267. The summed E-state index contributed by atoms with van der Waals surface area (Å²) in [6.45, 7) is 4.79. The molecule has 1 unspecified atom stereocenters. The number of nitrogens with zero attached hydrogens (tertiary/aromatic N) is 1. The van der Waals surface area contributed by atoms with Gasteiger partial charge in [-0.3, -0.25) is 0 Å². The average Bonchev–Trinajstić information content (AvgIpc) is 2.39. The molecule has 1 N–H and O–H groups in total. The van der Waals surface area contributed by atoms with Gasteiger partial charge in [0.05, 0.1) is 11.8 Å². The van der Waals surface area contributed by atoms with Crippen LogP contribution >= 0.6 is 0 Å². The van der Waals surface area contributed by atoms with Crippen molar-refractivity contribution in [3.05, 3.63) is 48.3 Å². The van der Waals surface area contributed by atoms with Gasteiger partial charge in [0.1, 0.15) is 5.82 Å². The summed E-state index contributed by atoms with van der Waals surface area (Å²) in [7, 11) is -3.44. The molecule has 0 saturated carbocycles. The van der Waals surface area contributed by atoms with Crippen molar-refractivity contribution in [2.45, 2.75) is 6.04 Å². The molecule has 19 heavy (non-hydrogen) atoms. The number of piperazine rings is 1. The van der Waals surface area contributed by atoms with E-state index in [9.17, 15) is 12.8 Å². The molecule has 1 aliphatic heterocycles. The quantitative estimate of drug-likeness (QED) is 0.848. The Bertz CT molecular complexity index is 560. The summed E-state index contributed by atoms with van der Waals surface area (Å²) in [5.74, 6) is -0.507. The van der Waals surface area contributed by atoms with Crippen LogP contribution in [-0.2, 0) is 10.0 Å². The Hall–Kier alpha value is -1.24. The second-order valence-electron chi connectivity index (χ2n) is 4.42. The number of benzene rings is 1. The summed E-state index contributed by atoms with van der Waals surface area (Å²) in [5, 5.41) is 3.11. The zero-order chi connectivity index (χ0) is 13.9. The Morgan fingerprint density at radius 3 is 2.89 bits per heavy atom. The predicted octanol–water partition coefficient (Wildman–Crippen LogP) is 1.29. The normalized spacial score (nSPS) is 21.2. The molecule has 1 atom stereocenters. The molecule has 1 saturated heterocycles. The van der Waals surface area contributed by atoms with Crippen LogP contribution in [0.4, 0.5) is 4.39 Å². The molecule has 1 heterocycles. The van der Waals surface area contributed by atoms with Gasteiger partial charge in [-0.25, -0.2) is 12.8 Å². The molecule has 2 rings (SSSR count). The Morgan fingerprint density at radius 2 is 2.21 bits per heavy atom. The first-order valence-corrected chi connectivity index (χ1v) is 7.73. The van der Waals surface area contributed by atoms with Crippen LogP contribution in [-0.4, -0.2) is 38.1 Å². The van der Waals surface area contributed by atoms with Gasteiger partial charge < -0.3 is 5.32 Å². The summed E-state index contributed by atoms with van der Waals surface area (Å²) >= 11 is 0. The second kappa shape index (κ2) is 5.81. The minimum absolute atomic E-state index is 0.127. The summed E-state index contributed by atoms with van der Waals surface area (Å²) in [4.78, 5) is 0. The van der Waals surface area contributed by atoms with E-state index in [0.29, 0.717) is 25.2 Å². The number of halogens is 1. The van der Waals surface area contributed by atoms with E-state index >= 15 is 0 Å². The van der Waals surface area contributed by atoms with E-state index < -0.39 is 16.1 Å². The van der Waals surface area contributed by atoms with Crippen LogP contribution < -0.4 is 5.32 Å². The Morgan fingerprint density at radius 1 is 1.47 bits per heavy atom.